The topological polar surface area (TPSA) is 0 Å². The van der Waals surface area contributed by atoms with Crippen LogP contribution in [0.2, 0.25) is 0 Å². The van der Waals surface area contributed by atoms with Gasteiger partial charge in [-0.1, -0.05) is 0 Å². The molecule has 0 fully saturated rings. The van der Waals surface area contributed by atoms with Crippen LogP contribution >= 0.6 is 10.1 Å². The molecule has 0 saturated heterocycles. The number of hydrogen-bond donors (Lipinski definition) is 0. The van der Waals surface area contributed by atoms with E-state index < -0.39 is 25.0 Å². The zero-order chi connectivity index (χ0) is 7.71. The molecule has 0 radical (unpaired) electrons. The van der Waals surface area contributed by atoms with E-state index in [0.29, 0.717) is 0 Å². The predicted molar refractivity (Wildman–Crippen MR) is 22.6 cm³/mol. The molecule has 7 heteroatoms. The fraction of sp³-hybridized carbons (Fsp3) is 1.00. The van der Waals surface area contributed by atoms with Crippen molar-refractivity contribution in [2.45, 2.75) is 11.0 Å². The van der Waals surface area contributed by atoms with Crippen LogP contribution in [-0.4, -0.2) is 25.0 Å². The first kappa shape index (κ1) is 9.46. The SMILES string of the molecule is FC(F)(F)C(F)(F)[Se]Cl. The van der Waals surface area contributed by atoms with Gasteiger partial charge in [-0.3, -0.25) is 0 Å². The molecule has 0 aromatic carbocycles. The van der Waals surface area contributed by atoms with Gasteiger partial charge in [-0.05, 0) is 0 Å². The van der Waals surface area contributed by atoms with Crippen LogP contribution in [0, 0.1) is 0 Å². The molecule has 9 heavy (non-hydrogen) atoms. The van der Waals surface area contributed by atoms with Gasteiger partial charge >= 0.3 is 57.1 Å². The Balaban J connectivity index is 4.14. The van der Waals surface area contributed by atoms with Crippen molar-refractivity contribution in [1.82, 2.24) is 0 Å². The molecule has 0 unspecified atom stereocenters. The third-order valence-corrected chi connectivity index (χ3v) is 2.33. The van der Waals surface area contributed by atoms with E-state index in [4.69, 9.17) is 0 Å². The third-order valence-electron chi connectivity index (χ3n) is 0.427. The fourth-order valence-corrected chi connectivity index (χ4v) is 0.682. The van der Waals surface area contributed by atoms with E-state index in [1.54, 1.807) is 0 Å². The zero-order valence-electron chi connectivity index (χ0n) is 3.68. The van der Waals surface area contributed by atoms with E-state index >= 15 is 0 Å². The Kier molecular flexibility index (Phi) is 2.73. The molecule has 0 aromatic rings. The van der Waals surface area contributed by atoms with Crippen molar-refractivity contribution in [2.75, 3.05) is 0 Å². The maximum atomic E-state index is 11.4. The summed E-state index contributed by atoms with van der Waals surface area (Å²) in [4.78, 5) is -4.69. The number of halogens is 6. The minimum absolute atomic E-state index is 2.23. The predicted octanol–water partition coefficient (Wildman–Crippen LogP) is 2.00. The minimum atomic E-state index is -5.49. The molecule has 0 rings (SSSR count). The van der Waals surface area contributed by atoms with Crippen LogP contribution in [0.3, 0.4) is 0 Å². The second-order valence-corrected chi connectivity index (χ2v) is 3.29. The third kappa shape index (κ3) is 2.27. The Bertz CT molecular complexity index is 97.6. The molecular formula is C2ClF5Se. The molecular weight excluding hydrogens is 233 g/mol. The zero-order valence-corrected chi connectivity index (χ0v) is 6.15. The summed E-state index contributed by atoms with van der Waals surface area (Å²) in [6.07, 6.45) is -5.49. The summed E-state index contributed by atoms with van der Waals surface area (Å²) >= 11 is -2.23. The molecule has 0 aliphatic rings. The molecule has 0 spiro atoms. The molecule has 0 nitrogen and oxygen atoms in total. The first-order valence-electron chi connectivity index (χ1n) is 1.55. The molecule has 56 valence electrons. The van der Waals surface area contributed by atoms with Crippen LogP contribution < -0.4 is 0 Å². The van der Waals surface area contributed by atoms with Crippen LogP contribution in [0.15, 0.2) is 0 Å². The summed E-state index contributed by atoms with van der Waals surface area (Å²) in [5.41, 5.74) is 0. The second-order valence-electron chi connectivity index (χ2n) is 1.09. The molecule has 0 aliphatic heterocycles. The average molecular weight is 233 g/mol. The fourth-order valence-electron chi connectivity index (χ4n) is 0.0437. The van der Waals surface area contributed by atoms with Crippen molar-refractivity contribution in [3.63, 3.8) is 0 Å². The van der Waals surface area contributed by atoms with Gasteiger partial charge in [0.1, 0.15) is 0 Å². The van der Waals surface area contributed by atoms with E-state index in [1.165, 1.54) is 0 Å². The van der Waals surface area contributed by atoms with E-state index in [-0.39, 0.29) is 0 Å². The van der Waals surface area contributed by atoms with Crippen molar-refractivity contribution >= 4 is 24.1 Å². The Hall–Kier alpha value is 0.459. The molecule has 0 amide bonds. The van der Waals surface area contributed by atoms with Gasteiger partial charge in [0, 0.05) is 0 Å². The van der Waals surface area contributed by atoms with Gasteiger partial charge in [-0.15, -0.1) is 0 Å². The average Bonchev–Trinajstić information content (AvgIpc) is 1.64. The van der Waals surface area contributed by atoms with Gasteiger partial charge < -0.3 is 0 Å². The molecule has 0 bridgehead atoms. The quantitative estimate of drug-likeness (QED) is 0.480. The van der Waals surface area contributed by atoms with Crippen molar-refractivity contribution in [3.05, 3.63) is 0 Å². The molecule has 0 aromatic heterocycles. The summed E-state index contributed by atoms with van der Waals surface area (Å²) in [6.45, 7) is 0. The molecule has 0 heterocycles. The van der Waals surface area contributed by atoms with Gasteiger partial charge in [0.15, 0.2) is 0 Å². The van der Waals surface area contributed by atoms with Crippen LogP contribution in [0.5, 0.6) is 0 Å². The van der Waals surface area contributed by atoms with Crippen LogP contribution in [0.1, 0.15) is 0 Å². The monoisotopic (exact) mass is 234 g/mol. The first-order chi connectivity index (χ1) is 3.81. The van der Waals surface area contributed by atoms with Gasteiger partial charge in [-0.2, -0.15) is 0 Å². The van der Waals surface area contributed by atoms with Crippen molar-refractivity contribution in [1.29, 1.82) is 0 Å². The molecule has 0 saturated carbocycles. The van der Waals surface area contributed by atoms with Gasteiger partial charge in [0.05, 0.1) is 0 Å². The number of rotatable bonds is 1. The summed E-state index contributed by atoms with van der Waals surface area (Å²) in [7, 11) is 4.37. The van der Waals surface area contributed by atoms with Gasteiger partial charge in [0.2, 0.25) is 0 Å². The molecule has 0 atom stereocenters. The van der Waals surface area contributed by atoms with Crippen LogP contribution in [-0.2, 0) is 0 Å². The van der Waals surface area contributed by atoms with E-state index in [0.717, 1.165) is 0 Å². The maximum absolute atomic E-state index is 11.4. The Morgan fingerprint density at radius 3 is 1.33 bits per heavy atom. The van der Waals surface area contributed by atoms with E-state index in [1.807, 2.05) is 0 Å². The van der Waals surface area contributed by atoms with E-state index in [9.17, 15) is 22.0 Å². The standard InChI is InChI=1S/C2ClF5Se/c3-9-2(7,8)1(4,5)6. The number of alkyl halides is 5. The Morgan fingerprint density at radius 1 is 1.00 bits per heavy atom. The Labute approximate surface area is 57.7 Å². The molecule has 0 N–H and O–H groups in total. The second kappa shape index (κ2) is 2.60. The summed E-state index contributed by atoms with van der Waals surface area (Å²) in [6, 6.07) is 0. The normalized spacial score (nSPS) is 14.0. The summed E-state index contributed by atoms with van der Waals surface area (Å²) in [5, 5.41) is 0. The Morgan fingerprint density at radius 2 is 1.33 bits per heavy atom. The summed E-state index contributed by atoms with van der Waals surface area (Å²) in [5.74, 6) is 0. The number of hydrogen-bond acceptors (Lipinski definition) is 0. The van der Waals surface area contributed by atoms with Gasteiger partial charge in [0.25, 0.3) is 0 Å². The van der Waals surface area contributed by atoms with E-state index in [2.05, 4.69) is 10.1 Å². The van der Waals surface area contributed by atoms with Crippen LogP contribution in [0.4, 0.5) is 22.0 Å². The van der Waals surface area contributed by atoms with Crippen molar-refractivity contribution in [2.24, 2.45) is 0 Å². The summed E-state index contributed by atoms with van der Waals surface area (Å²) < 4.78 is 55.9. The van der Waals surface area contributed by atoms with Gasteiger partial charge in [-0.25, -0.2) is 0 Å². The molecule has 0 aliphatic carbocycles. The van der Waals surface area contributed by atoms with Crippen molar-refractivity contribution in [3.8, 4) is 0 Å². The van der Waals surface area contributed by atoms with Crippen LogP contribution in [0.25, 0.3) is 0 Å². The van der Waals surface area contributed by atoms with Crippen molar-refractivity contribution < 1.29 is 22.0 Å². The first-order valence-corrected chi connectivity index (χ1v) is 4.66.